The molecule has 6 rings (SSSR count). The van der Waals surface area contributed by atoms with Crippen molar-refractivity contribution in [3.05, 3.63) is 48.3 Å². The van der Waals surface area contributed by atoms with Gasteiger partial charge in [0.2, 0.25) is 6.79 Å². The molecule has 0 bridgehead atoms. The topological polar surface area (TPSA) is 76.9 Å². The molecule has 0 saturated carbocycles. The number of rotatable bonds is 4. The van der Waals surface area contributed by atoms with Crippen LogP contribution in [0.3, 0.4) is 0 Å². The van der Waals surface area contributed by atoms with Gasteiger partial charge in [0, 0.05) is 5.56 Å². The van der Waals surface area contributed by atoms with Crippen LogP contribution in [0.1, 0.15) is 5.56 Å². The van der Waals surface area contributed by atoms with Crippen LogP contribution in [-0.2, 0) is 6.54 Å². The number of quaternary nitrogens is 1. The molecule has 2 aromatic carbocycles. The molecule has 158 valence electrons. The van der Waals surface area contributed by atoms with E-state index in [0.29, 0.717) is 6.79 Å². The zero-order chi connectivity index (χ0) is 20.8. The van der Waals surface area contributed by atoms with Gasteiger partial charge in [0.25, 0.3) is 0 Å². The molecule has 0 atom stereocenters. The molecule has 31 heavy (non-hydrogen) atoms. The quantitative estimate of drug-likeness (QED) is 0.526. The number of ether oxygens (including phenoxy) is 3. The molecule has 2 aliphatic heterocycles. The number of fused-ring (bicyclic) bond motifs is 4. The molecule has 4 heterocycles. The van der Waals surface area contributed by atoms with Gasteiger partial charge in [-0.15, -0.1) is 0 Å². The number of aromatic nitrogens is 3. The van der Waals surface area contributed by atoms with E-state index in [-0.39, 0.29) is 0 Å². The van der Waals surface area contributed by atoms with Crippen molar-refractivity contribution in [2.75, 3.05) is 45.0 Å². The average molecular weight is 418 g/mol. The van der Waals surface area contributed by atoms with E-state index in [4.69, 9.17) is 14.2 Å². The molecular weight excluding hydrogens is 394 g/mol. The summed E-state index contributed by atoms with van der Waals surface area (Å²) in [4.78, 5) is 16.6. The standard InChI is InChI=1S/C23H23N5O3/c1-29-18-4-2-3-16-20(18)21-22(26-16)23(25-13-24-21)28-9-7-27(8-10-28)12-15-5-6-17-19(11-15)31-14-30-17/h2-6,11,13,26H,7-10,12,14H2,1H3/p+1. The molecule has 0 spiro atoms. The van der Waals surface area contributed by atoms with Gasteiger partial charge in [-0.05, 0) is 30.3 Å². The Labute approximate surface area is 179 Å². The Morgan fingerprint density at radius 3 is 2.84 bits per heavy atom. The first-order valence-corrected chi connectivity index (χ1v) is 10.6. The van der Waals surface area contributed by atoms with Crippen LogP contribution < -0.4 is 24.0 Å². The molecule has 1 saturated heterocycles. The maximum Gasteiger partial charge on any atom is 0.231 e. The van der Waals surface area contributed by atoms with Crippen molar-refractivity contribution in [3.8, 4) is 17.2 Å². The van der Waals surface area contributed by atoms with E-state index in [9.17, 15) is 0 Å². The molecule has 0 unspecified atom stereocenters. The van der Waals surface area contributed by atoms with E-state index in [2.05, 4.69) is 38.1 Å². The van der Waals surface area contributed by atoms with Gasteiger partial charge in [-0.3, -0.25) is 0 Å². The number of H-pyrrole nitrogens is 1. The fourth-order valence-electron chi connectivity index (χ4n) is 4.66. The van der Waals surface area contributed by atoms with Crippen molar-refractivity contribution in [2.24, 2.45) is 0 Å². The van der Waals surface area contributed by atoms with Crippen LogP contribution in [0.25, 0.3) is 21.9 Å². The SMILES string of the molecule is COc1cccc2[nH]c3c(N4CC[NH+](Cc5ccc6c(c5)OCO6)CC4)ncnc3c12. The molecule has 0 radical (unpaired) electrons. The third-order valence-corrected chi connectivity index (χ3v) is 6.23. The van der Waals surface area contributed by atoms with E-state index in [1.54, 1.807) is 18.3 Å². The van der Waals surface area contributed by atoms with E-state index >= 15 is 0 Å². The number of hydrogen-bond donors (Lipinski definition) is 2. The molecule has 2 N–H and O–H groups in total. The van der Waals surface area contributed by atoms with E-state index in [1.807, 2.05) is 18.2 Å². The maximum atomic E-state index is 5.56. The van der Waals surface area contributed by atoms with E-state index in [1.165, 1.54) is 5.56 Å². The predicted molar refractivity (Wildman–Crippen MR) is 117 cm³/mol. The molecule has 0 aliphatic carbocycles. The van der Waals surface area contributed by atoms with Crippen molar-refractivity contribution in [1.29, 1.82) is 0 Å². The van der Waals surface area contributed by atoms with Gasteiger partial charge < -0.3 is 29.0 Å². The van der Waals surface area contributed by atoms with Crippen molar-refractivity contribution < 1.29 is 19.1 Å². The van der Waals surface area contributed by atoms with Crippen LogP contribution in [0.4, 0.5) is 5.82 Å². The highest BCUT2D eigenvalue weighted by molar-refractivity contribution is 6.11. The summed E-state index contributed by atoms with van der Waals surface area (Å²) in [6.45, 7) is 5.27. The number of piperazine rings is 1. The first-order chi connectivity index (χ1) is 15.3. The molecular formula is C23H24N5O3+. The second-order valence-electron chi connectivity index (χ2n) is 8.03. The molecule has 1 fully saturated rings. The third-order valence-electron chi connectivity index (χ3n) is 6.23. The van der Waals surface area contributed by atoms with E-state index in [0.717, 1.165) is 77.7 Å². The summed E-state index contributed by atoms with van der Waals surface area (Å²) in [6.07, 6.45) is 1.66. The van der Waals surface area contributed by atoms with Crippen LogP contribution >= 0.6 is 0 Å². The second-order valence-corrected chi connectivity index (χ2v) is 8.03. The number of anilines is 1. The number of aromatic amines is 1. The molecule has 4 aromatic rings. The van der Waals surface area contributed by atoms with Gasteiger partial charge in [-0.2, -0.15) is 0 Å². The number of benzene rings is 2. The van der Waals surface area contributed by atoms with Gasteiger partial charge in [0.15, 0.2) is 17.3 Å². The lowest BCUT2D eigenvalue weighted by Gasteiger charge is -2.33. The Morgan fingerprint density at radius 2 is 1.97 bits per heavy atom. The van der Waals surface area contributed by atoms with Crippen LogP contribution in [0.5, 0.6) is 17.2 Å². The Balaban J connectivity index is 1.22. The highest BCUT2D eigenvalue weighted by Crippen LogP contribution is 2.35. The van der Waals surface area contributed by atoms with Crippen molar-refractivity contribution in [2.45, 2.75) is 6.54 Å². The van der Waals surface area contributed by atoms with Crippen molar-refractivity contribution >= 4 is 27.8 Å². The van der Waals surface area contributed by atoms with Gasteiger partial charge in [-0.1, -0.05) is 6.07 Å². The summed E-state index contributed by atoms with van der Waals surface area (Å²) < 4.78 is 16.5. The van der Waals surface area contributed by atoms with Crippen molar-refractivity contribution in [1.82, 2.24) is 15.0 Å². The first kappa shape index (κ1) is 18.3. The monoisotopic (exact) mass is 418 g/mol. The van der Waals surface area contributed by atoms with E-state index < -0.39 is 0 Å². The Morgan fingerprint density at radius 1 is 1.10 bits per heavy atom. The summed E-state index contributed by atoms with van der Waals surface area (Å²) in [5, 5.41) is 1.01. The summed E-state index contributed by atoms with van der Waals surface area (Å²) >= 11 is 0. The number of hydrogen-bond acceptors (Lipinski definition) is 6. The fraction of sp³-hybridized carbons (Fsp3) is 0.304. The van der Waals surface area contributed by atoms with Gasteiger partial charge in [-0.25, -0.2) is 9.97 Å². The number of nitrogens with one attached hydrogen (secondary N) is 2. The second kappa shape index (κ2) is 7.31. The number of methoxy groups -OCH3 is 1. The van der Waals surface area contributed by atoms with Gasteiger partial charge >= 0.3 is 0 Å². The molecule has 8 heteroatoms. The lowest BCUT2D eigenvalue weighted by Crippen LogP contribution is -3.13. The summed E-state index contributed by atoms with van der Waals surface area (Å²) in [7, 11) is 1.69. The van der Waals surface area contributed by atoms with Gasteiger partial charge in [0.05, 0.1) is 44.2 Å². The minimum atomic E-state index is 0.317. The minimum Gasteiger partial charge on any atom is -0.496 e. The third kappa shape index (κ3) is 3.11. The summed E-state index contributed by atoms with van der Waals surface area (Å²) in [5.74, 6) is 3.48. The zero-order valence-corrected chi connectivity index (χ0v) is 17.4. The molecule has 2 aliphatic rings. The highest BCUT2D eigenvalue weighted by Gasteiger charge is 2.25. The first-order valence-electron chi connectivity index (χ1n) is 10.6. The van der Waals surface area contributed by atoms with Crippen LogP contribution in [0.15, 0.2) is 42.7 Å². The predicted octanol–water partition coefficient (Wildman–Crippen LogP) is 1.75. The summed E-state index contributed by atoms with van der Waals surface area (Å²) in [5.41, 5.74) is 4.18. The van der Waals surface area contributed by atoms with Crippen LogP contribution in [0.2, 0.25) is 0 Å². The van der Waals surface area contributed by atoms with Crippen LogP contribution in [0, 0.1) is 0 Å². The largest absolute Gasteiger partial charge is 0.496 e. The zero-order valence-electron chi connectivity index (χ0n) is 17.4. The Hall–Kier alpha value is -3.52. The highest BCUT2D eigenvalue weighted by atomic mass is 16.7. The molecule has 2 aromatic heterocycles. The smallest absolute Gasteiger partial charge is 0.231 e. The lowest BCUT2D eigenvalue weighted by molar-refractivity contribution is -0.914. The molecule has 0 amide bonds. The minimum absolute atomic E-state index is 0.317. The van der Waals surface area contributed by atoms with Gasteiger partial charge in [0.1, 0.15) is 29.7 Å². The molecule has 8 nitrogen and oxygen atoms in total. The van der Waals surface area contributed by atoms with Crippen molar-refractivity contribution in [3.63, 3.8) is 0 Å². The Bertz CT molecular complexity index is 1260. The normalized spacial score (nSPS) is 16.4. The fourth-order valence-corrected chi connectivity index (χ4v) is 4.66. The average Bonchev–Trinajstić information content (AvgIpc) is 3.43. The Kier molecular flexibility index (Phi) is 4.31. The maximum absolute atomic E-state index is 5.56. The lowest BCUT2D eigenvalue weighted by atomic mass is 10.1. The number of nitrogens with zero attached hydrogens (tertiary/aromatic N) is 3. The summed E-state index contributed by atoms with van der Waals surface area (Å²) in [6, 6.07) is 12.3. The van der Waals surface area contributed by atoms with Crippen LogP contribution in [-0.4, -0.2) is 55.0 Å².